The minimum Gasteiger partial charge on any atom is -0.478 e. The van der Waals surface area contributed by atoms with Gasteiger partial charge in [0.05, 0.1) is 5.69 Å². The van der Waals surface area contributed by atoms with E-state index in [1.54, 1.807) is 12.1 Å². The SMILES string of the molecule is CC(C)NC(=O)c1nc(O)nn1-c1ccccc1. The van der Waals surface area contributed by atoms with Gasteiger partial charge in [0.15, 0.2) is 0 Å². The normalized spacial score (nSPS) is 10.6. The van der Waals surface area contributed by atoms with Gasteiger partial charge in [-0.2, -0.15) is 4.98 Å². The molecule has 0 aliphatic rings. The molecule has 1 heterocycles. The Morgan fingerprint density at radius 2 is 2.00 bits per heavy atom. The molecule has 6 nitrogen and oxygen atoms in total. The minimum absolute atomic E-state index is 0.0134. The van der Waals surface area contributed by atoms with Gasteiger partial charge in [0, 0.05) is 6.04 Å². The van der Waals surface area contributed by atoms with E-state index in [1.807, 2.05) is 32.0 Å². The molecule has 1 amide bonds. The molecular formula is C12H14N4O2. The summed E-state index contributed by atoms with van der Waals surface area (Å²) >= 11 is 0. The zero-order valence-corrected chi connectivity index (χ0v) is 10.2. The highest BCUT2D eigenvalue weighted by molar-refractivity contribution is 5.91. The zero-order valence-electron chi connectivity index (χ0n) is 10.2. The Labute approximate surface area is 104 Å². The predicted molar refractivity (Wildman–Crippen MR) is 65.6 cm³/mol. The Balaban J connectivity index is 2.40. The van der Waals surface area contributed by atoms with Gasteiger partial charge in [0.2, 0.25) is 5.82 Å². The van der Waals surface area contributed by atoms with Crippen LogP contribution < -0.4 is 5.32 Å². The number of hydrogen-bond acceptors (Lipinski definition) is 4. The molecule has 0 aliphatic heterocycles. The molecule has 0 unspecified atom stereocenters. The molecule has 0 bridgehead atoms. The van der Waals surface area contributed by atoms with Crippen LogP contribution in [-0.2, 0) is 0 Å². The number of hydrogen-bond donors (Lipinski definition) is 2. The number of para-hydroxylation sites is 1. The molecule has 2 aromatic rings. The van der Waals surface area contributed by atoms with Crippen LogP contribution in [0, 0.1) is 0 Å². The fourth-order valence-electron chi connectivity index (χ4n) is 1.52. The molecule has 0 saturated carbocycles. The van der Waals surface area contributed by atoms with Gasteiger partial charge in [-0.3, -0.25) is 4.79 Å². The highest BCUT2D eigenvalue weighted by atomic mass is 16.3. The Hall–Kier alpha value is -2.37. The van der Waals surface area contributed by atoms with Crippen LogP contribution in [-0.4, -0.2) is 31.8 Å². The van der Waals surface area contributed by atoms with Crippen molar-refractivity contribution in [1.29, 1.82) is 0 Å². The number of carbonyl (C=O) groups is 1. The first kappa shape index (κ1) is 12.1. The van der Waals surface area contributed by atoms with E-state index in [1.165, 1.54) is 4.68 Å². The zero-order chi connectivity index (χ0) is 13.1. The summed E-state index contributed by atoms with van der Waals surface area (Å²) in [6.07, 6.45) is 0. The van der Waals surface area contributed by atoms with Gasteiger partial charge >= 0.3 is 6.01 Å². The number of rotatable bonds is 3. The summed E-state index contributed by atoms with van der Waals surface area (Å²) in [6.45, 7) is 3.70. The third-order valence-corrected chi connectivity index (χ3v) is 2.22. The summed E-state index contributed by atoms with van der Waals surface area (Å²) in [4.78, 5) is 15.7. The summed E-state index contributed by atoms with van der Waals surface area (Å²) < 4.78 is 1.31. The summed E-state index contributed by atoms with van der Waals surface area (Å²) in [6, 6.07) is 8.61. The molecule has 1 aromatic heterocycles. The first-order valence-corrected chi connectivity index (χ1v) is 5.60. The maximum Gasteiger partial charge on any atom is 0.334 e. The average molecular weight is 246 g/mol. The summed E-state index contributed by atoms with van der Waals surface area (Å²) in [5, 5.41) is 15.9. The second kappa shape index (κ2) is 4.87. The largest absolute Gasteiger partial charge is 0.478 e. The fraction of sp³-hybridized carbons (Fsp3) is 0.250. The van der Waals surface area contributed by atoms with Crippen molar-refractivity contribution in [3.05, 3.63) is 36.2 Å². The van der Waals surface area contributed by atoms with Crippen molar-refractivity contribution in [2.45, 2.75) is 19.9 Å². The molecule has 0 saturated heterocycles. The van der Waals surface area contributed by atoms with Gasteiger partial charge < -0.3 is 10.4 Å². The standard InChI is InChI=1S/C12H14N4O2/c1-8(2)13-11(17)10-14-12(18)15-16(10)9-6-4-3-5-7-9/h3-8H,1-2H3,(H,13,17)(H,15,18). The van der Waals surface area contributed by atoms with Crippen molar-refractivity contribution in [3.63, 3.8) is 0 Å². The van der Waals surface area contributed by atoms with Crippen molar-refractivity contribution in [3.8, 4) is 11.7 Å². The first-order chi connectivity index (χ1) is 8.58. The van der Waals surface area contributed by atoms with Crippen LogP contribution in [0.4, 0.5) is 0 Å². The third-order valence-electron chi connectivity index (χ3n) is 2.22. The molecule has 0 spiro atoms. The molecule has 0 radical (unpaired) electrons. The number of nitrogens with zero attached hydrogens (tertiary/aromatic N) is 3. The predicted octanol–water partition coefficient (Wildman–Crippen LogP) is 1.11. The first-order valence-electron chi connectivity index (χ1n) is 5.60. The molecule has 2 rings (SSSR count). The molecule has 2 N–H and O–H groups in total. The van der Waals surface area contributed by atoms with E-state index in [0.717, 1.165) is 0 Å². The lowest BCUT2D eigenvalue weighted by Crippen LogP contribution is -2.32. The van der Waals surface area contributed by atoms with Crippen molar-refractivity contribution in [2.75, 3.05) is 0 Å². The smallest absolute Gasteiger partial charge is 0.334 e. The number of aromatic nitrogens is 3. The number of benzene rings is 1. The van der Waals surface area contributed by atoms with Gasteiger partial charge in [0.1, 0.15) is 0 Å². The highest BCUT2D eigenvalue weighted by Crippen LogP contribution is 2.12. The van der Waals surface area contributed by atoms with E-state index in [0.29, 0.717) is 5.69 Å². The Morgan fingerprint density at radius 1 is 1.33 bits per heavy atom. The lowest BCUT2D eigenvalue weighted by molar-refractivity contribution is 0.0930. The van der Waals surface area contributed by atoms with Crippen LogP contribution in [0.2, 0.25) is 0 Å². The highest BCUT2D eigenvalue weighted by Gasteiger charge is 2.18. The van der Waals surface area contributed by atoms with Crippen molar-refractivity contribution in [1.82, 2.24) is 20.1 Å². The number of nitrogens with one attached hydrogen (secondary N) is 1. The number of carbonyl (C=O) groups excluding carboxylic acids is 1. The molecule has 18 heavy (non-hydrogen) atoms. The van der Waals surface area contributed by atoms with E-state index in [2.05, 4.69) is 15.4 Å². The van der Waals surface area contributed by atoms with Gasteiger partial charge in [-0.1, -0.05) is 18.2 Å². The number of amides is 1. The van der Waals surface area contributed by atoms with E-state index >= 15 is 0 Å². The molecule has 1 aromatic carbocycles. The van der Waals surface area contributed by atoms with Gasteiger partial charge in [-0.25, -0.2) is 4.68 Å². The maximum absolute atomic E-state index is 11.9. The van der Waals surface area contributed by atoms with Crippen LogP contribution in [0.1, 0.15) is 24.5 Å². The molecule has 0 atom stereocenters. The fourth-order valence-corrected chi connectivity index (χ4v) is 1.52. The van der Waals surface area contributed by atoms with Crippen molar-refractivity contribution >= 4 is 5.91 Å². The van der Waals surface area contributed by atoms with Crippen LogP contribution in [0.3, 0.4) is 0 Å². The van der Waals surface area contributed by atoms with Crippen LogP contribution >= 0.6 is 0 Å². The maximum atomic E-state index is 11.9. The molecule has 94 valence electrons. The lowest BCUT2D eigenvalue weighted by Gasteiger charge is -2.08. The van der Waals surface area contributed by atoms with Crippen LogP contribution in [0.25, 0.3) is 5.69 Å². The monoisotopic (exact) mass is 246 g/mol. The Morgan fingerprint density at radius 3 is 2.61 bits per heavy atom. The van der Waals surface area contributed by atoms with E-state index < -0.39 is 6.01 Å². The van der Waals surface area contributed by atoms with Crippen molar-refractivity contribution in [2.24, 2.45) is 0 Å². The number of aromatic hydroxyl groups is 1. The minimum atomic E-state index is -0.423. The Kier molecular flexibility index (Phi) is 3.27. The summed E-state index contributed by atoms with van der Waals surface area (Å²) in [7, 11) is 0. The quantitative estimate of drug-likeness (QED) is 0.850. The van der Waals surface area contributed by atoms with Crippen LogP contribution in [0.15, 0.2) is 30.3 Å². The third kappa shape index (κ3) is 2.48. The van der Waals surface area contributed by atoms with E-state index in [4.69, 9.17) is 0 Å². The summed E-state index contributed by atoms with van der Waals surface area (Å²) in [5.74, 6) is -0.311. The summed E-state index contributed by atoms with van der Waals surface area (Å²) in [5.41, 5.74) is 0.666. The molecule has 0 fully saturated rings. The molecule has 6 heteroatoms. The molecular weight excluding hydrogens is 232 g/mol. The second-order valence-electron chi connectivity index (χ2n) is 4.11. The van der Waals surface area contributed by atoms with Crippen LogP contribution in [0.5, 0.6) is 6.01 Å². The topological polar surface area (TPSA) is 80.0 Å². The lowest BCUT2D eigenvalue weighted by atomic mass is 10.3. The second-order valence-corrected chi connectivity index (χ2v) is 4.11. The van der Waals surface area contributed by atoms with Crippen molar-refractivity contribution < 1.29 is 9.90 Å². The Bertz CT molecular complexity index is 548. The van der Waals surface area contributed by atoms with E-state index in [-0.39, 0.29) is 17.8 Å². The molecule has 0 aliphatic carbocycles. The van der Waals surface area contributed by atoms with Gasteiger partial charge in [-0.15, -0.1) is 5.10 Å². The van der Waals surface area contributed by atoms with Gasteiger partial charge in [0.25, 0.3) is 5.91 Å². The average Bonchev–Trinajstić information content (AvgIpc) is 2.72. The van der Waals surface area contributed by atoms with E-state index in [9.17, 15) is 9.90 Å². The van der Waals surface area contributed by atoms with Gasteiger partial charge in [-0.05, 0) is 26.0 Å².